The molecule has 0 spiro atoms. The average Bonchev–Trinajstić information content (AvgIpc) is 3.10. The van der Waals surface area contributed by atoms with Crippen molar-refractivity contribution in [3.05, 3.63) is 40.8 Å². The summed E-state index contributed by atoms with van der Waals surface area (Å²) in [7, 11) is 0. The first-order valence-corrected chi connectivity index (χ1v) is 8.05. The number of unbranched alkanes of at least 4 members (excludes halogenated alkanes) is 1. The van der Waals surface area contributed by atoms with Gasteiger partial charge in [0.25, 0.3) is 0 Å². The largest absolute Gasteiger partial charge is 0.469 e. The third-order valence-electron chi connectivity index (χ3n) is 3.58. The lowest BCUT2D eigenvalue weighted by atomic mass is 10.1. The molecule has 0 amide bonds. The Hall–Kier alpha value is -1.26. The van der Waals surface area contributed by atoms with Gasteiger partial charge < -0.3 is 14.7 Å². The van der Waals surface area contributed by atoms with Crippen LogP contribution in [0.4, 0.5) is 0 Å². The minimum atomic E-state index is 0.397. The highest BCUT2D eigenvalue weighted by Gasteiger charge is 2.10. The predicted molar refractivity (Wildman–Crippen MR) is 85.5 cm³/mol. The zero-order chi connectivity index (χ0) is 15.1. The van der Waals surface area contributed by atoms with Crippen molar-refractivity contribution in [3.8, 4) is 0 Å². The van der Waals surface area contributed by atoms with Gasteiger partial charge in [-0.05, 0) is 31.9 Å². The van der Waals surface area contributed by atoms with Gasteiger partial charge >= 0.3 is 0 Å². The topological polar surface area (TPSA) is 53.9 Å². The number of hydrogen-bond donors (Lipinski definition) is 2. The third kappa shape index (κ3) is 5.21. The Labute approximate surface area is 131 Å². The van der Waals surface area contributed by atoms with E-state index in [1.54, 1.807) is 6.26 Å². The van der Waals surface area contributed by atoms with Crippen molar-refractivity contribution in [2.75, 3.05) is 0 Å². The first-order valence-electron chi connectivity index (χ1n) is 7.68. The normalized spacial score (nSPS) is 12.7. The van der Waals surface area contributed by atoms with Gasteiger partial charge in [0.05, 0.1) is 12.0 Å². The van der Waals surface area contributed by atoms with Gasteiger partial charge in [0, 0.05) is 25.4 Å². The van der Waals surface area contributed by atoms with E-state index in [9.17, 15) is 0 Å². The highest BCUT2D eigenvalue weighted by atomic mass is 35.5. The van der Waals surface area contributed by atoms with Crippen LogP contribution in [0.2, 0.25) is 5.15 Å². The first-order chi connectivity index (χ1) is 10.2. The maximum atomic E-state index is 6.17. The Morgan fingerprint density at radius 3 is 3.00 bits per heavy atom. The maximum Gasteiger partial charge on any atom is 0.151 e. The standard InChI is InChI=1S/C16H24ClN3O/c1-3-4-7-15-19-14(16(17)20-15)11-18-12(2)8-9-13-6-5-10-21-13/h5-6,10,12,18H,3-4,7-9,11H2,1-2H3,(H,19,20). The molecule has 0 aliphatic rings. The molecule has 116 valence electrons. The molecule has 0 aliphatic carbocycles. The molecular formula is C16H24ClN3O. The molecule has 0 fully saturated rings. The predicted octanol–water partition coefficient (Wildman–Crippen LogP) is 4.11. The van der Waals surface area contributed by atoms with Crippen molar-refractivity contribution in [3.63, 3.8) is 0 Å². The summed E-state index contributed by atoms with van der Waals surface area (Å²) in [5.74, 6) is 2.02. The van der Waals surface area contributed by atoms with Gasteiger partial charge in [0.1, 0.15) is 11.6 Å². The Balaban J connectivity index is 1.75. The van der Waals surface area contributed by atoms with E-state index in [4.69, 9.17) is 16.0 Å². The minimum Gasteiger partial charge on any atom is -0.469 e. The van der Waals surface area contributed by atoms with Crippen molar-refractivity contribution >= 4 is 11.6 Å². The summed E-state index contributed by atoms with van der Waals surface area (Å²) in [6, 6.07) is 4.34. The Bertz CT molecular complexity index is 522. The summed E-state index contributed by atoms with van der Waals surface area (Å²) in [6.45, 7) is 5.07. The number of rotatable bonds is 9. The molecule has 2 heterocycles. The molecule has 2 rings (SSSR count). The van der Waals surface area contributed by atoms with Crippen molar-refractivity contribution in [2.45, 2.75) is 58.5 Å². The summed E-state index contributed by atoms with van der Waals surface area (Å²) in [5, 5.41) is 4.06. The van der Waals surface area contributed by atoms with Crippen LogP contribution in [0.5, 0.6) is 0 Å². The highest BCUT2D eigenvalue weighted by molar-refractivity contribution is 6.30. The molecule has 21 heavy (non-hydrogen) atoms. The molecule has 0 aliphatic heterocycles. The van der Waals surface area contributed by atoms with Crippen LogP contribution in [0, 0.1) is 0 Å². The molecule has 5 heteroatoms. The van der Waals surface area contributed by atoms with E-state index in [1.165, 1.54) is 0 Å². The van der Waals surface area contributed by atoms with Gasteiger partial charge in [0.15, 0.2) is 5.15 Å². The van der Waals surface area contributed by atoms with E-state index in [0.29, 0.717) is 11.2 Å². The number of aromatic amines is 1. The fraction of sp³-hybridized carbons (Fsp3) is 0.562. The number of nitrogens with zero attached hydrogens (tertiary/aromatic N) is 1. The second-order valence-corrected chi connectivity index (χ2v) is 5.81. The fourth-order valence-electron chi connectivity index (χ4n) is 2.21. The summed E-state index contributed by atoms with van der Waals surface area (Å²) >= 11 is 6.17. The molecule has 0 aromatic carbocycles. The lowest BCUT2D eigenvalue weighted by molar-refractivity contribution is 0.458. The number of nitrogens with one attached hydrogen (secondary N) is 2. The molecule has 0 radical (unpaired) electrons. The van der Waals surface area contributed by atoms with Crippen molar-refractivity contribution in [1.82, 2.24) is 15.3 Å². The molecule has 1 unspecified atom stereocenters. The van der Waals surface area contributed by atoms with E-state index in [2.05, 4.69) is 29.1 Å². The van der Waals surface area contributed by atoms with Crippen LogP contribution in [0.1, 0.15) is 50.4 Å². The second-order valence-electron chi connectivity index (χ2n) is 5.46. The maximum absolute atomic E-state index is 6.17. The molecule has 4 nitrogen and oxygen atoms in total. The van der Waals surface area contributed by atoms with Crippen LogP contribution in [0.25, 0.3) is 0 Å². The molecule has 0 saturated carbocycles. The minimum absolute atomic E-state index is 0.397. The number of H-pyrrole nitrogens is 1. The summed E-state index contributed by atoms with van der Waals surface area (Å²) in [4.78, 5) is 7.68. The van der Waals surface area contributed by atoms with E-state index < -0.39 is 0 Å². The van der Waals surface area contributed by atoms with Crippen LogP contribution >= 0.6 is 11.6 Å². The van der Waals surface area contributed by atoms with Gasteiger partial charge in [-0.2, -0.15) is 0 Å². The van der Waals surface area contributed by atoms with E-state index >= 15 is 0 Å². The zero-order valence-corrected chi connectivity index (χ0v) is 13.5. The lowest BCUT2D eigenvalue weighted by Crippen LogP contribution is -2.26. The number of aryl methyl sites for hydroxylation is 2. The van der Waals surface area contributed by atoms with E-state index in [0.717, 1.165) is 55.9 Å². The SMILES string of the molecule is CCCCc1nc(Cl)c(CNC(C)CCc2ccco2)[nH]1. The van der Waals surface area contributed by atoms with Gasteiger partial charge in [-0.25, -0.2) is 4.98 Å². The second kappa shape index (κ2) is 8.25. The number of halogens is 1. The first kappa shape index (κ1) is 16.1. The van der Waals surface area contributed by atoms with Gasteiger partial charge in [0.2, 0.25) is 0 Å². The molecule has 2 N–H and O–H groups in total. The lowest BCUT2D eigenvalue weighted by Gasteiger charge is -2.12. The molecule has 1 atom stereocenters. The molecular weight excluding hydrogens is 286 g/mol. The molecule has 0 bridgehead atoms. The third-order valence-corrected chi connectivity index (χ3v) is 3.89. The smallest absolute Gasteiger partial charge is 0.151 e. The van der Waals surface area contributed by atoms with Gasteiger partial charge in [-0.3, -0.25) is 0 Å². The quantitative estimate of drug-likeness (QED) is 0.733. The summed E-state index contributed by atoms with van der Waals surface area (Å²) in [6.07, 6.45) is 6.95. The van der Waals surface area contributed by atoms with Gasteiger partial charge in [-0.1, -0.05) is 24.9 Å². The van der Waals surface area contributed by atoms with Gasteiger partial charge in [-0.15, -0.1) is 0 Å². The Kier molecular flexibility index (Phi) is 6.33. The molecule has 2 aromatic rings. The monoisotopic (exact) mass is 309 g/mol. The van der Waals surface area contributed by atoms with Crippen molar-refractivity contribution in [1.29, 1.82) is 0 Å². The fourth-order valence-corrected chi connectivity index (χ4v) is 2.43. The number of hydrogen-bond acceptors (Lipinski definition) is 3. The van der Waals surface area contributed by atoms with Crippen molar-refractivity contribution < 1.29 is 4.42 Å². The van der Waals surface area contributed by atoms with Crippen LogP contribution in [-0.2, 0) is 19.4 Å². The molecule has 0 saturated heterocycles. The van der Waals surface area contributed by atoms with E-state index in [1.807, 2.05) is 12.1 Å². The molecule has 2 aromatic heterocycles. The zero-order valence-electron chi connectivity index (χ0n) is 12.8. The Morgan fingerprint density at radius 1 is 1.43 bits per heavy atom. The summed E-state index contributed by atoms with van der Waals surface area (Å²) in [5.41, 5.74) is 0.979. The van der Waals surface area contributed by atoms with Crippen LogP contribution in [0.15, 0.2) is 22.8 Å². The van der Waals surface area contributed by atoms with Crippen molar-refractivity contribution in [2.24, 2.45) is 0 Å². The number of imidazole rings is 1. The highest BCUT2D eigenvalue weighted by Crippen LogP contribution is 2.14. The number of aromatic nitrogens is 2. The van der Waals surface area contributed by atoms with E-state index in [-0.39, 0.29) is 0 Å². The van der Waals surface area contributed by atoms with Crippen LogP contribution < -0.4 is 5.32 Å². The summed E-state index contributed by atoms with van der Waals surface area (Å²) < 4.78 is 5.34. The van der Waals surface area contributed by atoms with Crippen LogP contribution in [0.3, 0.4) is 0 Å². The average molecular weight is 310 g/mol. The van der Waals surface area contributed by atoms with Crippen LogP contribution in [-0.4, -0.2) is 16.0 Å². The number of furan rings is 1. The Morgan fingerprint density at radius 2 is 2.29 bits per heavy atom.